The number of anilines is 1. The first kappa shape index (κ1) is 11.4. The first-order valence-electron chi connectivity index (χ1n) is 5.95. The normalized spacial score (nSPS) is 17.2. The molecule has 1 aromatic rings. The molecule has 2 rings (SSSR count). The van der Waals surface area contributed by atoms with Gasteiger partial charge in [-0.05, 0) is 38.3 Å². The summed E-state index contributed by atoms with van der Waals surface area (Å²) in [6, 6.07) is 5.57. The number of halogens is 1. The number of rotatable bonds is 4. The SMILES string of the molecule is CCN(c1c(F)cccc1[C@@H](C)N)C1CC1. The Morgan fingerprint density at radius 1 is 1.50 bits per heavy atom. The monoisotopic (exact) mass is 222 g/mol. The summed E-state index contributed by atoms with van der Waals surface area (Å²) in [5, 5.41) is 0. The number of nitrogens with two attached hydrogens (primary N) is 1. The van der Waals surface area contributed by atoms with Crippen molar-refractivity contribution in [1.29, 1.82) is 0 Å². The second-order valence-corrected chi connectivity index (χ2v) is 4.48. The van der Waals surface area contributed by atoms with Crippen LogP contribution in [0.4, 0.5) is 10.1 Å². The third-order valence-corrected chi connectivity index (χ3v) is 3.12. The molecule has 1 fully saturated rings. The lowest BCUT2D eigenvalue weighted by Crippen LogP contribution is -2.28. The van der Waals surface area contributed by atoms with Crippen molar-refractivity contribution in [3.05, 3.63) is 29.6 Å². The van der Waals surface area contributed by atoms with Crippen LogP contribution in [0.15, 0.2) is 18.2 Å². The highest BCUT2D eigenvalue weighted by atomic mass is 19.1. The number of nitrogens with zero attached hydrogens (tertiary/aromatic N) is 1. The molecule has 3 heteroatoms. The van der Waals surface area contributed by atoms with Crippen LogP contribution >= 0.6 is 0 Å². The van der Waals surface area contributed by atoms with Crippen LogP contribution in [0.25, 0.3) is 0 Å². The Morgan fingerprint density at radius 3 is 2.69 bits per heavy atom. The predicted octanol–water partition coefficient (Wildman–Crippen LogP) is 2.83. The van der Waals surface area contributed by atoms with Gasteiger partial charge in [-0.25, -0.2) is 4.39 Å². The first-order valence-corrected chi connectivity index (χ1v) is 5.95. The van der Waals surface area contributed by atoms with Crippen molar-refractivity contribution in [1.82, 2.24) is 0 Å². The number of benzene rings is 1. The Morgan fingerprint density at radius 2 is 2.19 bits per heavy atom. The number of hydrogen-bond acceptors (Lipinski definition) is 2. The molecule has 1 aliphatic rings. The largest absolute Gasteiger partial charge is 0.366 e. The van der Waals surface area contributed by atoms with Gasteiger partial charge in [-0.15, -0.1) is 0 Å². The maximum Gasteiger partial charge on any atom is 0.146 e. The summed E-state index contributed by atoms with van der Waals surface area (Å²) in [4.78, 5) is 2.15. The molecule has 0 aliphatic heterocycles. The van der Waals surface area contributed by atoms with Gasteiger partial charge in [-0.3, -0.25) is 0 Å². The molecule has 0 aromatic heterocycles. The van der Waals surface area contributed by atoms with E-state index >= 15 is 0 Å². The Kier molecular flexibility index (Phi) is 3.15. The predicted molar refractivity (Wildman–Crippen MR) is 65.0 cm³/mol. The van der Waals surface area contributed by atoms with E-state index in [1.54, 1.807) is 6.07 Å². The topological polar surface area (TPSA) is 29.3 Å². The quantitative estimate of drug-likeness (QED) is 0.848. The van der Waals surface area contributed by atoms with Gasteiger partial charge in [0.15, 0.2) is 0 Å². The summed E-state index contributed by atoms with van der Waals surface area (Å²) in [6.07, 6.45) is 2.33. The van der Waals surface area contributed by atoms with E-state index in [4.69, 9.17) is 5.73 Å². The van der Waals surface area contributed by atoms with Crippen LogP contribution in [0.5, 0.6) is 0 Å². The zero-order chi connectivity index (χ0) is 11.7. The van der Waals surface area contributed by atoms with E-state index in [1.165, 1.54) is 18.9 Å². The second-order valence-electron chi connectivity index (χ2n) is 4.48. The third-order valence-electron chi connectivity index (χ3n) is 3.12. The molecule has 16 heavy (non-hydrogen) atoms. The smallest absolute Gasteiger partial charge is 0.146 e. The van der Waals surface area contributed by atoms with Gasteiger partial charge in [0.25, 0.3) is 0 Å². The van der Waals surface area contributed by atoms with Crippen molar-refractivity contribution in [2.75, 3.05) is 11.4 Å². The standard InChI is InChI=1S/C13H19FN2/c1-3-16(10-7-8-10)13-11(9(2)15)5-4-6-12(13)14/h4-6,9-10H,3,7-8,15H2,1-2H3/t9-/m1/s1. The van der Waals surface area contributed by atoms with Crippen molar-refractivity contribution >= 4 is 5.69 Å². The van der Waals surface area contributed by atoms with E-state index in [0.717, 1.165) is 12.1 Å². The van der Waals surface area contributed by atoms with E-state index < -0.39 is 0 Å². The molecule has 0 heterocycles. The fraction of sp³-hybridized carbons (Fsp3) is 0.538. The molecule has 2 nitrogen and oxygen atoms in total. The summed E-state index contributed by atoms with van der Waals surface area (Å²) in [7, 11) is 0. The van der Waals surface area contributed by atoms with Gasteiger partial charge < -0.3 is 10.6 Å². The van der Waals surface area contributed by atoms with Crippen LogP contribution in [-0.2, 0) is 0 Å². The van der Waals surface area contributed by atoms with Gasteiger partial charge in [0, 0.05) is 18.6 Å². The average molecular weight is 222 g/mol. The minimum absolute atomic E-state index is 0.126. The minimum Gasteiger partial charge on any atom is -0.366 e. The van der Waals surface area contributed by atoms with Gasteiger partial charge in [0.2, 0.25) is 0 Å². The lowest BCUT2D eigenvalue weighted by Gasteiger charge is -2.27. The van der Waals surface area contributed by atoms with Crippen LogP contribution in [0.2, 0.25) is 0 Å². The Bertz CT molecular complexity index is 372. The number of hydrogen-bond donors (Lipinski definition) is 1. The summed E-state index contributed by atoms with van der Waals surface area (Å²) < 4.78 is 13.9. The average Bonchev–Trinajstić information content (AvgIpc) is 3.05. The molecule has 88 valence electrons. The van der Waals surface area contributed by atoms with Crippen molar-refractivity contribution in [3.63, 3.8) is 0 Å². The highest BCUT2D eigenvalue weighted by Gasteiger charge is 2.31. The van der Waals surface area contributed by atoms with Gasteiger partial charge in [-0.1, -0.05) is 12.1 Å². The molecule has 1 aromatic carbocycles. The number of para-hydroxylation sites is 1. The van der Waals surface area contributed by atoms with Crippen LogP contribution in [0.3, 0.4) is 0 Å². The van der Waals surface area contributed by atoms with Gasteiger partial charge in [0.1, 0.15) is 5.82 Å². The third kappa shape index (κ3) is 2.05. The molecule has 1 aliphatic carbocycles. The van der Waals surface area contributed by atoms with Crippen molar-refractivity contribution in [3.8, 4) is 0 Å². The zero-order valence-corrected chi connectivity index (χ0v) is 9.91. The van der Waals surface area contributed by atoms with Gasteiger partial charge in [-0.2, -0.15) is 0 Å². The maximum absolute atomic E-state index is 13.9. The molecule has 0 amide bonds. The van der Waals surface area contributed by atoms with E-state index in [-0.39, 0.29) is 11.9 Å². The Balaban J connectivity index is 2.43. The minimum atomic E-state index is -0.149. The van der Waals surface area contributed by atoms with Crippen molar-refractivity contribution < 1.29 is 4.39 Å². The lowest BCUT2D eigenvalue weighted by molar-refractivity contribution is 0.610. The van der Waals surface area contributed by atoms with Crippen LogP contribution in [0.1, 0.15) is 38.3 Å². The van der Waals surface area contributed by atoms with E-state index in [2.05, 4.69) is 11.8 Å². The highest BCUT2D eigenvalue weighted by Crippen LogP contribution is 2.36. The van der Waals surface area contributed by atoms with Crippen LogP contribution in [0, 0.1) is 5.82 Å². The summed E-state index contributed by atoms with van der Waals surface area (Å²) >= 11 is 0. The van der Waals surface area contributed by atoms with Gasteiger partial charge >= 0.3 is 0 Å². The Labute approximate surface area is 96.2 Å². The molecular formula is C13H19FN2. The summed E-state index contributed by atoms with van der Waals surface area (Å²) in [5.74, 6) is -0.149. The first-order chi connectivity index (χ1) is 7.65. The molecule has 1 atom stereocenters. The Hall–Kier alpha value is -1.09. The molecule has 2 N–H and O–H groups in total. The molecule has 0 saturated heterocycles. The van der Waals surface area contributed by atoms with Gasteiger partial charge in [0.05, 0.1) is 5.69 Å². The highest BCUT2D eigenvalue weighted by molar-refractivity contribution is 5.57. The molecule has 1 saturated carbocycles. The maximum atomic E-state index is 13.9. The van der Waals surface area contributed by atoms with E-state index in [1.807, 2.05) is 13.0 Å². The fourth-order valence-corrected chi connectivity index (χ4v) is 2.19. The van der Waals surface area contributed by atoms with Crippen molar-refractivity contribution in [2.45, 2.75) is 38.8 Å². The molecule has 0 radical (unpaired) electrons. The van der Waals surface area contributed by atoms with Crippen LogP contribution < -0.4 is 10.6 Å². The van der Waals surface area contributed by atoms with Crippen LogP contribution in [-0.4, -0.2) is 12.6 Å². The zero-order valence-electron chi connectivity index (χ0n) is 9.91. The lowest BCUT2D eigenvalue weighted by atomic mass is 10.1. The molecule has 0 spiro atoms. The van der Waals surface area contributed by atoms with E-state index in [9.17, 15) is 4.39 Å². The fourth-order valence-electron chi connectivity index (χ4n) is 2.19. The summed E-state index contributed by atoms with van der Waals surface area (Å²) in [6.45, 7) is 4.81. The summed E-state index contributed by atoms with van der Waals surface area (Å²) in [5.41, 5.74) is 7.52. The molecular weight excluding hydrogens is 203 g/mol. The molecule has 0 bridgehead atoms. The molecule has 0 unspecified atom stereocenters. The van der Waals surface area contributed by atoms with Crippen molar-refractivity contribution in [2.24, 2.45) is 5.73 Å². The second kappa shape index (κ2) is 4.42. The van der Waals surface area contributed by atoms with E-state index in [0.29, 0.717) is 11.7 Å².